The molecule has 1 saturated carbocycles. The fourth-order valence-electron chi connectivity index (χ4n) is 1.93. The SMILES string of the molecule is O=C(NCC1CCCO1)Nc1nnc(C2CC2)s1. The van der Waals surface area contributed by atoms with E-state index in [1.165, 1.54) is 24.2 Å². The molecule has 2 heterocycles. The van der Waals surface area contributed by atoms with Crippen molar-refractivity contribution in [3.8, 4) is 0 Å². The second-order valence-electron chi connectivity index (χ2n) is 4.69. The molecule has 2 amide bonds. The predicted molar refractivity (Wildman–Crippen MR) is 67.9 cm³/mol. The van der Waals surface area contributed by atoms with Gasteiger partial charge in [0.1, 0.15) is 5.01 Å². The molecule has 0 bridgehead atoms. The summed E-state index contributed by atoms with van der Waals surface area (Å²) in [6.45, 7) is 1.36. The summed E-state index contributed by atoms with van der Waals surface area (Å²) in [6.07, 6.45) is 4.65. The van der Waals surface area contributed by atoms with Crippen LogP contribution < -0.4 is 10.6 Å². The summed E-state index contributed by atoms with van der Waals surface area (Å²) in [6, 6.07) is -0.232. The zero-order valence-corrected chi connectivity index (χ0v) is 10.8. The highest BCUT2D eigenvalue weighted by Crippen LogP contribution is 2.41. The van der Waals surface area contributed by atoms with Gasteiger partial charge in [-0.05, 0) is 25.7 Å². The van der Waals surface area contributed by atoms with Crippen LogP contribution in [-0.2, 0) is 4.74 Å². The van der Waals surface area contributed by atoms with E-state index in [-0.39, 0.29) is 12.1 Å². The summed E-state index contributed by atoms with van der Waals surface area (Å²) < 4.78 is 5.43. The van der Waals surface area contributed by atoms with Gasteiger partial charge >= 0.3 is 6.03 Å². The Morgan fingerprint density at radius 3 is 3.00 bits per heavy atom. The largest absolute Gasteiger partial charge is 0.376 e. The third-order valence-electron chi connectivity index (χ3n) is 3.10. The number of nitrogens with zero attached hydrogens (tertiary/aromatic N) is 2. The zero-order chi connectivity index (χ0) is 12.4. The Bertz CT molecular complexity index is 426. The molecular weight excluding hydrogens is 252 g/mol. The third kappa shape index (κ3) is 2.97. The number of urea groups is 1. The summed E-state index contributed by atoms with van der Waals surface area (Å²) in [4.78, 5) is 11.6. The molecule has 2 N–H and O–H groups in total. The smallest absolute Gasteiger partial charge is 0.321 e. The van der Waals surface area contributed by atoms with Crippen molar-refractivity contribution in [1.82, 2.24) is 15.5 Å². The molecular formula is C11H16N4O2S. The summed E-state index contributed by atoms with van der Waals surface area (Å²) in [5, 5.41) is 15.1. The fraction of sp³-hybridized carbons (Fsp3) is 0.727. The maximum atomic E-state index is 11.6. The number of rotatable bonds is 4. The average molecular weight is 268 g/mol. The lowest BCUT2D eigenvalue weighted by molar-refractivity contribution is 0.112. The lowest BCUT2D eigenvalue weighted by atomic mass is 10.2. The number of ether oxygens (including phenoxy) is 1. The van der Waals surface area contributed by atoms with Crippen LogP contribution in [0.4, 0.5) is 9.93 Å². The summed E-state index contributed by atoms with van der Waals surface area (Å²) >= 11 is 1.46. The minimum Gasteiger partial charge on any atom is -0.376 e. The summed E-state index contributed by atoms with van der Waals surface area (Å²) in [5.41, 5.74) is 0. The number of hydrogen-bond acceptors (Lipinski definition) is 5. The number of anilines is 1. The number of carbonyl (C=O) groups is 1. The van der Waals surface area contributed by atoms with Crippen LogP contribution in [0.25, 0.3) is 0 Å². The minimum atomic E-state index is -0.232. The quantitative estimate of drug-likeness (QED) is 0.871. The number of nitrogens with one attached hydrogen (secondary N) is 2. The predicted octanol–water partition coefficient (Wildman–Crippen LogP) is 1.72. The molecule has 1 aromatic rings. The van der Waals surface area contributed by atoms with Crippen LogP contribution >= 0.6 is 11.3 Å². The molecule has 0 spiro atoms. The van der Waals surface area contributed by atoms with Crippen LogP contribution in [0.2, 0.25) is 0 Å². The molecule has 0 aromatic carbocycles. The molecule has 2 fully saturated rings. The van der Waals surface area contributed by atoms with E-state index in [0.717, 1.165) is 24.5 Å². The van der Waals surface area contributed by atoms with Crippen LogP contribution in [0.3, 0.4) is 0 Å². The molecule has 98 valence electrons. The van der Waals surface area contributed by atoms with E-state index in [1.807, 2.05) is 0 Å². The van der Waals surface area contributed by atoms with Crippen molar-refractivity contribution in [3.63, 3.8) is 0 Å². The molecule has 1 aromatic heterocycles. The van der Waals surface area contributed by atoms with Gasteiger partial charge in [-0.25, -0.2) is 4.79 Å². The Balaban J connectivity index is 1.44. The number of hydrogen-bond donors (Lipinski definition) is 2. The molecule has 3 rings (SSSR count). The van der Waals surface area contributed by atoms with E-state index < -0.39 is 0 Å². The van der Waals surface area contributed by atoms with Crippen molar-refractivity contribution in [3.05, 3.63) is 5.01 Å². The van der Waals surface area contributed by atoms with E-state index >= 15 is 0 Å². The van der Waals surface area contributed by atoms with Gasteiger partial charge in [-0.3, -0.25) is 5.32 Å². The van der Waals surface area contributed by atoms with E-state index in [0.29, 0.717) is 17.6 Å². The average Bonchev–Trinajstić information content (AvgIpc) is 2.90. The van der Waals surface area contributed by atoms with Gasteiger partial charge in [0.15, 0.2) is 0 Å². The third-order valence-corrected chi connectivity index (χ3v) is 4.10. The molecule has 6 nitrogen and oxygen atoms in total. The standard InChI is InChI=1S/C11H16N4O2S/c16-10(12-6-8-2-1-5-17-8)13-11-15-14-9(18-11)7-3-4-7/h7-8H,1-6H2,(H2,12,13,15,16). The highest BCUT2D eigenvalue weighted by Gasteiger charge is 2.27. The van der Waals surface area contributed by atoms with Gasteiger partial charge in [0.2, 0.25) is 5.13 Å². The summed E-state index contributed by atoms with van der Waals surface area (Å²) in [7, 11) is 0. The van der Waals surface area contributed by atoms with E-state index in [2.05, 4.69) is 20.8 Å². The monoisotopic (exact) mass is 268 g/mol. The molecule has 0 radical (unpaired) electrons. The summed E-state index contributed by atoms with van der Waals surface area (Å²) in [5.74, 6) is 0.577. The maximum Gasteiger partial charge on any atom is 0.321 e. The van der Waals surface area contributed by atoms with Gasteiger partial charge in [0.05, 0.1) is 6.10 Å². The normalized spacial score (nSPS) is 23.0. The van der Waals surface area contributed by atoms with Gasteiger partial charge in [0.25, 0.3) is 0 Å². The fourth-order valence-corrected chi connectivity index (χ4v) is 2.84. The first-order chi connectivity index (χ1) is 8.81. The minimum absolute atomic E-state index is 0.159. The Kier molecular flexibility index (Phi) is 3.42. The van der Waals surface area contributed by atoms with Crippen molar-refractivity contribution in [2.75, 3.05) is 18.5 Å². The second kappa shape index (κ2) is 5.19. The number of amides is 2. The topological polar surface area (TPSA) is 76.1 Å². The highest BCUT2D eigenvalue weighted by atomic mass is 32.1. The van der Waals surface area contributed by atoms with Crippen LogP contribution in [0, 0.1) is 0 Å². The van der Waals surface area contributed by atoms with Gasteiger partial charge in [-0.1, -0.05) is 11.3 Å². The first-order valence-electron chi connectivity index (χ1n) is 6.31. The van der Waals surface area contributed by atoms with Crippen LogP contribution in [0.1, 0.15) is 36.6 Å². The van der Waals surface area contributed by atoms with E-state index in [4.69, 9.17) is 4.74 Å². The highest BCUT2D eigenvalue weighted by molar-refractivity contribution is 7.15. The molecule has 18 heavy (non-hydrogen) atoms. The number of carbonyl (C=O) groups excluding carboxylic acids is 1. The molecule has 1 aliphatic carbocycles. The first-order valence-corrected chi connectivity index (χ1v) is 7.13. The van der Waals surface area contributed by atoms with E-state index in [9.17, 15) is 4.79 Å². The van der Waals surface area contributed by atoms with Crippen LogP contribution in [0.15, 0.2) is 0 Å². The molecule has 1 unspecified atom stereocenters. The van der Waals surface area contributed by atoms with Gasteiger partial charge in [0, 0.05) is 19.1 Å². The maximum absolute atomic E-state index is 11.6. The van der Waals surface area contributed by atoms with Gasteiger partial charge in [-0.2, -0.15) is 0 Å². The Morgan fingerprint density at radius 1 is 1.39 bits per heavy atom. The van der Waals surface area contributed by atoms with Crippen molar-refractivity contribution in [2.24, 2.45) is 0 Å². The lowest BCUT2D eigenvalue weighted by Crippen LogP contribution is -2.34. The van der Waals surface area contributed by atoms with Crippen molar-refractivity contribution in [1.29, 1.82) is 0 Å². The molecule has 7 heteroatoms. The Labute approximate surface area is 109 Å². The van der Waals surface area contributed by atoms with Crippen molar-refractivity contribution < 1.29 is 9.53 Å². The van der Waals surface area contributed by atoms with Crippen molar-refractivity contribution >= 4 is 22.5 Å². The van der Waals surface area contributed by atoms with Crippen LogP contribution in [-0.4, -0.2) is 35.5 Å². The molecule has 1 saturated heterocycles. The Hall–Kier alpha value is -1.21. The molecule has 1 aliphatic heterocycles. The first kappa shape index (κ1) is 11.9. The van der Waals surface area contributed by atoms with Crippen molar-refractivity contribution in [2.45, 2.75) is 37.7 Å². The Morgan fingerprint density at radius 2 is 2.28 bits per heavy atom. The van der Waals surface area contributed by atoms with Crippen LogP contribution in [0.5, 0.6) is 0 Å². The van der Waals surface area contributed by atoms with Gasteiger partial charge in [-0.15, -0.1) is 10.2 Å². The van der Waals surface area contributed by atoms with E-state index in [1.54, 1.807) is 0 Å². The van der Waals surface area contributed by atoms with Gasteiger partial charge < -0.3 is 10.1 Å². The second-order valence-corrected chi connectivity index (χ2v) is 5.70. The number of aromatic nitrogens is 2. The lowest BCUT2D eigenvalue weighted by Gasteiger charge is -2.10. The molecule has 2 aliphatic rings. The zero-order valence-electron chi connectivity index (χ0n) is 10.0. The molecule has 1 atom stereocenters.